The number of aliphatic imine (C=N–C) groups is 1. The summed E-state index contributed by atoms with van der Waals surface area (Å²) in [6.45, 7) is 8.28. The fourth-order valence-electron chi connectivity index (χ4n) is 2.60. The van der Waals surface area contributed by atoms with Gasteiger partial charge >= 0.3 is 0 Å². The maximum Gasteiger partial charge on any atom is 0.188 e. The second kappa shape index (κ2) is 10.1. The van der Waals surface area contributed by atoms with Crippen LogP contribution in [0.1, 0.15) is 31.4 Å². The maximum absolute atomic E-state index is 9.64. The summed E-state index contributed by atoms with van der Waals surface area (Å²) in [5, 5.41) is 12.8. The first-order valence-corrected chi connectivity index (χ1v) is 8.05. The highest BCUT2D eigenvalue weighted by Crippen LogP contribution is 2.17. The quantitative estimate of drug-likeness (QED) is 0.365. The predicted octanol–water partition coefficient (Wildman–Crippen LogP) is 1.93. The Balaban J connectivity index is 0.00000264. The molecule has 0 spiro atoms. The number of rotatable bonds is 6. The van der Waals surface area contributed by atoms with Crippen molar-refractivity contribution < 1.29 is 5.11 Å². The zero-order chi connectivity index (χ0) is 15.9. The number of aliphatic hydroxyl groups excluding tert-OH is 1. The summed E-state index contributed by atoms with van der Waals surface area (Å²) in [4.78, 5) is 6.72. The van der Waals surface area contributed by atoms with Crippen LogP contribution in [0.4, 0.5) is 0 Å². The van der Waals surface area contributed by atoms with Gasteiger partial charge in [-0.25, -0.2) is 4.99 Å². The molecule has 1 heterocycles. The lowest BCUT2D eigenvalue weighted by atomic mass is 10.1. The molecule has 2 rings (SSSR count). The molecule has 5 nitrogen and oxygen atoms in total. The SMILES string of the molecule is CC(C)CNC(N)=NCc1ccccc1CN1CCC(O)C1.I. The highest BCUT2D eigenvalue weighted by molar-refractivity contribution is 14.0. The average Bonchev–Trinajstić information content (AvgIpc) is 2.89. The summed E-state index contributed by atoms with van der Waals surface area (Å²) in [7, 11) is 0. The van der Waals surface area contributed by atoms with Gasteiger partial charge in [-0.2, -0.15) is 0 Å². The molecule has 4 N–H and O–H groups in total. The summed E-state index contributed by atoms with van der Waals surface area (Å²) >= 11 is 0. The van der Waals surface area contributed by atoms with Gasteiger partial charge in [0.2, 0.25) is 0 Å². The van der Waals surface area contributed by atoms with E-state index in [4.69, 9.17) is 5.73 Å². The number of hydrogen-bond donors (Lipinski definition) is 3. The summed E-state index contributed by atoms with van der Waals surface area (Å²) in [5.41, 5.74) is 8.35. The van der Waals surface area contributed by atoms with E-state index in [-0.39, 0.29) is 30.1 Å². The van der Waals surface area contributed by atoms with E-state index in [0.717, 1.165) is 32.6 Å². The number of hydrogen-bond acceptors (Lipinski definition) is 3. The molecule has 23 heavy (non-hydrogen) atoms. The van der Waals surface area contributed by atoms with Gasteiger partial charge in [0.15, 0.2) is 5.96 Å². The molecule has 1 fully saturated rings. The molecule has 0 saturated carbocycles. The van der Waals surface area contributed by atoms with Gasteiger partial charge in [-0.1, -0.05) is 38.1 Å². The first kappa shape index (κ1) is 20.2. The molecule has 1 aliphatic heterocycles. The molecule has 1 atom stereocenters. The molecule has 1 aliphatic rings. The third-order valence-corrected chi connectivity index (χ3v) is 3.87. The van der Waals surface area contributed by atoms with Crippen molar-refractivity contribution in [2.45, 2.75) is 39.5 Å². The third kappa shape index (κ3) is 7.05. The van der Waals surface area contributed by atoms with Crippen molar-refractivity contribution in [3.8, 4) is 0 Å². The van der Waals surface area contributed by atoms with E-state index >= 15 is 0 Å². The number of likely N-dealkylation sites (tertiary alicyclic amines) is 1. The summed E-state index contributed by atoms with van der Waals surface area (Å²) in [6, 6.07) is 8.31. The smallest absolute Gasteiger partial charge is 0.188 e. The molecule has 1 unspecified atom stereocenters. The van der Waals surface area contributed by atoms with Gasteiger partial charge in [0.1, 0.15) is 0 Å². The second-order valence-electron chi connectivity index (χ2n) is 6.42. The van der Waals surface area contributed by atoms with Gasteiger partial charge in [0, 0.05) is 26.2 Å². The Morgan fingerprint density at radius 1 is 1.39 bits per heavy atom. The minimum absolute atomic E-state index is 0. The number of β-amino-alcohol motifs (C(OH)–C–C–N with tert-alkyl or cyclic N) is 1. The highest BCUT2D eigenvalue weighted by atomic mass is 127. The monoisotopic (exact) mass is 432 g/mol. The van der Waals surface area contributed by atoms with Crippen LogP contribution in [-0.4, -0.2) is 41.7 Å². The maximum atomic E-state index is 9.64. The van der Waals surface area contributed by atoms with Gasteiger partial charge in [0.25, 0.3) is 0 Å². The average molecular weight is 432 g/mol. The summed E-state index contributed by atoms with van der Waals surface area (Å²) in [5.74, 6) is 1.04. The lowest BCUT2D eigenvalue weighted by Gasteiger charge is -2.17. The Morgan fingerprint density at radius 2 is 2.09 bits per heavy atom. The van der Waals surface area contributed by atoms with Gasteiger partial charge in [-0.05, 0) is 23.5 Å². The molecular formula is C17H29IN4O. The first-order valence-electron chi connectivity index (χ1n) is 8.05. The van der Waals surface area contributed by atoms with E-state index in [1.807, 2.05) is 6.07 Å². The number of nitrogens with zero attached hydrogens (tertiary/aromatic N) is 2. The van der Waals surface area contributed by atoms with Crippen LogP contribution in [-0.2, 0) is 13.1 Å². The first-order chi connectivity index (χ1) is 10.5. The van der Waals surface area contributed by atoms with Crippen LogP contribution in [0.3, 0.4) is 0 Å². The van der Waals surface area contributed by atoms with E-state index < -0.39 is 0 Å². The zero-order valence-corrected chi connectivity index (χ0v) is 16.4. The van der Waals surface area contributed by atoms with Crippen molar-refractivity contribution >= 4 is 29.9 Å². The number of guanidine groups is 1. The van der Waals surface area contributed by atoms with Crippen LogP contribution < -0.4 is 11.1 Å². The Kier molecular flexibility index (Phi) is 8.86. The molecule has 1 saturated heterocycles. The highest BCUT2D eigenvalue weighted by Gasteiger charge is 2.20. The number of nitrogens with one attached hydrogen (secondary N) is 1. The number of nitrogens with two attached hydrogens (primary N) is 1. The van der Waals surface area contributed by atoms with Crippen LogP contribution >= 0.6 is 24.0 Å². The second-order valence-corrected chi connectivity index (χ2v) is 6.42. The van der Waals surface area contributed by atoms with Crippen LogP contribution in [0, 0.1) is 5.92 Å². The molecule has 1 aromatic carbocycles. The van der Waals surface area contributed by atoms with Crippen molar-refractivity contribution in [3.05, 3.63) is 35.4 Å². The Bertz CT molecular complexity index is 507. The van der Waals surface area contributed by atoms with E-state index in [1.54, 1.807) is 0 Å². The third-order valence-electron chi connectivity index (χ3n) is 3.87. The van der Waals surface area contributed by atoms with Gasteiger partial charge in [-0.15, -0.1) is 24.0 Å². The fraction of sp³-hybridized carbons (Fsp3) is 0.588. The normalized spacial score (nSPS) is 19.0. The van der Waals surface area contributed by atoms with Crippen LogP contribution in [0.25, 0.3) is 0 Å². The van der Waals surface area contributed by atoms with Crippen molar-refractivity contribution in [1.82, 2.24) is 10.2 Å². The number of benzene rings is 1. The molecule has 0 radical (unpaired) electrons. The Morgan fingerprint density at radius 3 is 2.70 bits per heavy atom. The standard InChI is InChI=1S/C17H28N4O.HI/c1-13(2)9-19-17(18)20-10-14-5-3-4-6-15(14)11-21-8-7-16(22)12-21;/h3-6,13,16,22H,7-12H2,1-2H3,(H3,18,19,20);1H. The lowest BCUT2D eigenvalue weighted by Crippen LogP contribution is -2.34. The summed E-state index contributed by atoms with van der Waals surface area (Å²) < 4.78 is 0. The van der Waals surface area contributed by atoms with Gasteiger partial charge < -0.3 is 16.2 Å². The van der Waals surface area contributed by atoms with Crippen LogP contribution in [0.5, 0.6) is 0 Å². The molecule has 0 bridgehead atoms. The number of halogens is 1. The van der Waals surface area contributed by atoms with Gasteiger partial charge in [0.05, 0.1) is 12.6 Å². The minimum Gasteiger partial charge on any atom is -0.392 e. The Hall–Kier alpha value is -0.860. The molecule has 0 aromatic heterocycles. The number of aliphatic hydroxyl groups is 1. The van der Waals surface area contributed by atoms with Crippen molar-refractivity contribution in [1.29, 1.82) is 0 Å². The van der Waals surface area contributed by atoms with Gasteiger partial charge in [-0.3, -0.25) is 4.90 Å². The van der Waals surface area contributed by atoms with E-state index in [2.05, 4.69) is 47.3 Å². The molecule has 0 amide bonds. The summed E-state index contributed by atoms with van der Waals surface area (Å²) in [6.07, 6.45) is 0.688. The molecule has 130 valence electrons. The molecule has 6 heteroatoms. The van der Waals surface area contributed by atoms with E-state index in [1.165, 1.54) is 11.1 Å². The largest absolute Gasteiger partial charge is 0.392 e. The lowest BCUT2D eigenvalue weighted by molar-refractivity contribution is 0.174. The molecule has 0 aliphatic carbocycles. The predicted molar refractivity (Wildman–Crippen MR) is 106 cm³/mol. The zero-order valence-electron chi connectivity index (χ0n) is 14.0. The minimum atomic E-state index is -0.180. The van der Waals surface area contributed by atoms with Crippen LogP contribution in [0.2, 0.25) is 0 Å². The van der Waals surface area contributed by atoms with E-state index in [0.29, 0.717) is 18.4 Å². The van der Waals surface area contributed by atoms with Crippen LogP contribution in [0.15, 0.2) is 29.3 Å². The van der Waals surface area contributed by atoms with Crippen molar-refractivity contribution in [2.24, 2.45) is 16.6 Å². The van der Waals surface area contributed by atoms with Crippen molar-refractivity contribution in [2.75, 3.05) is 19.6 Å². The topological polar surface area (TPSA) is 73.9 Å². The Labute approximate surface area is 156 Å². The fourth-order valence-corrected chi connectivity index (χ4v) is 2.60. The molecule has 1 aromatic rings. The molecular weight excluding hydrogens is 403 g/mol. The van der Waals surface area contributed by atoms with E-state index in [9.17, 15) is 5.11 Å². The van der Waals surface area contributed by atoms with Crippen molar-refractivity contribution in [3.63, 3.8) is 0 Å².